The molecular weight excluding hydrogens is 482 g/mol. The number of pyridine rings is 1. The van der Waals surface area contributed by atoms with E-state index in [1.54, 1.807) is 36.4 Å². The van der Waals surface area contributed by atoms with Gasteiger partial charge >= 0.3 is 5.97 Å². The first-order valence-electron chi connectivity index (χ1n) is 12.1. The van der Waals surface area contributed by atoms with Crippen LogP contribution < -0.4 is 4.74 Å². The Bertz CT molecular complexity index is 1100. The van der Waals surface area contributed by atoms with Crippen molar-refractivity contribution >= 4 is 40.0 Å². The second kappa shape index (κ2) is 12.7. The van der Waals surface area contributed by atoms with Crippen LogP contribution in [0.3, 0.4) is 0 Å². The summed E-state index contributed by atoms with van der Waals surface area (Å²) in [7, 11) is 1.63. The predicted molar refractivity (Wildman–Crippen MR) is 140 cm³/mol. The van der Waals surface area contributed by atoms with Crippen molar-refractivity contribution in [2.24, 2.45) is 11.8 Å². The van der Waals surface area contributed by atoms with Crippen LogP contribution in [0.25, 0.3) is 10.9 Å². The number of nitrogens with zero attached hydrogens (tertiary/aromatic N) is 3. The highest BCUT2D eigenvalue weighted by atomic mass is 32.2. The lowest BCUT2D eigenvalue weighted by atomic mass is 9.79. The molecule has 3 aromatic rings. The Labute approximate surface area is 214 Å². The molecule has 1 aromatic carbocycles. The Kier molecular flexibility index (Phi) is 9.37. The summed E-state index contributed by atoms with van der Waals surface area (Å²) in [6.45, 7) is 2.77. The number of aliphatic carboxylic acids is 1. The van der Waals surface area contributed by atoms with E-state index in [1.807, 2.05) is 35.8 Å². The Morgan fingerprint density at radius 2 is 2.17 bits per heavy atom. The number of fused-ring (bicyclic) bond motifs is 1. The molecule has 0 aliphatic carbocycles. The second-order valence-corrected chi connectivity index (χ2v) is 11.3. The van der Waals surface area contributed by atoms with E-state index in [9.17, 15) is 15.0 Å². The van der Waals surface area contributed by atoms with Crippen LogP contribution in [0.5, 0.6) is 5.75 Å². The van der Waals surface area contributed by atoms with Crippen molar-refractivity contribution in [2.45, 2.75) is 42.5 Å². The smallest absolute Gasteiger partial charge is 0.303 e. The molecule has 2 aromatic heterocycles. The number of rotatable bonds is 12. The molecule has 0 saturated carbocycles. The number of thiazole rings is 1. The third-order valence-electron chi connectivity index (χ3n) is 6.82. The van der Waals surface area contributed by atoms with Gasteiger partial charge in [-0.25, -0.2) is 4.98 Å². The van der Waals surface area contributed by atoms with Crippen LogP contribution in [0.1, 0.15) is 43.8 Å². The molecule has 0 unspecified atom stereocenters. The normalized spacial score (nSPS) is 19.6. The van der Waals surface area contributed by atoms with Gasteiger partial charge in [0.05, 0.1) is 18.7 Å². The van der Waals surface area contributed by atoms with Gasteiger partial charge in [-0.3, -0.25) is 9.78 Å². The van der Waals surface area contributed by atoms with E-state index < -0.39 is 12.1 Å². The van der Waals surface area contributed by atoms with Gasteiger partial charge in [0.25, 0.3) is 0 Å². The van der Waals surface area contributed by atoms with Gasteiger partial charge < -0.3 is 19.8 Å². The number of aliphatic hydroxyl groups excluding tert-OH is 1. The highest BCUT2D eigenvalue weighted by Crippen LogP contribution is 2.35. The lowest BCUT2D eigenvalue weighted by Crippen LogP contribution is -2.42. The highest BCUT2D eigenvalue weighted by molar-refractivity contribution is 8.00. The zero-order valence-corrected chi connectivity index (χ0v) is 21.6. The number of carboxylic acid groups (broad SMARTS) is 1. The van der Waals surface area contributed by atoms with E-state index in [2.05, 4.69) is 14.9 Å². The molecule has 0 radical (unpaired) electrons. The van der Waals surface area contributed by atoms with Crippen molar-refractivity contribution in [1.82, 2.24) is 14.9 Å². The molecule has 1 aliphatic rings. The number of ether oxygens (including phenoxy) is 1. The summed E-state index contributed by atoms with van der Waals surface area (Å²) in [6, 6.07) is 7.55. The number of methoxy groups -OCH3 is 1. The molecule has 9 heteroatoms. The van der Waals surface area contributed by atoms with E-state index in [0.29, 0.717) is 12.3 Å². The monoisotopic (exact) mass is 515 g/mol. The quantitative estimate of drug-likeness (QED) is 0.254. The molecule has 2 N–H and O–H groups in total. The lowest BCUT2D eigenvalue weighted by molar-refractivity contribution is -0.139. The number of hydrogen-bond acceptors (Lipinski definition) is 8. The number of piperidine rings is 1. The molecule has 3 heterocycles. The Morgan fingerprint density at radius 3 is 2.94 bits per heavy atom. The van der Waals surface area contributed by atoms with Crippen molar-refractivity contribution in [3.8, 4) is 5.75 Å². The molecular formula is C26H33N3O4S2. The lowest BCUT2D eigenvalue weighted by Gasteiger charge is -2.38. The van der Waals surface area contributed by atoms with E-state index in [-0.39, 0.29) is 12.3 Å². The minimum atomic E-state index is -0.742. The summed E-state index contributed by atoms with van der Waals surface area (Å²) in [6.07, 6.45) is 6.55. The number of carboxylic acids is 1. The molecule has 7 nitrogen and oxygen atoms in total. The van der Waals surface area contributed by atoms with Gasteiger partial charge in [-0.05, 0) is 80.4 Å². The van der Waals surface area contributed by atoms with Crippen LogP contribution in [0.2, 0.25) is 0 Å². The maximum Gasteiger partial charge on any atom is 0.303 e. The fourth-order valence-corrected chi connectivity index (χ4v) is 6.65. The number of aliphatic hydroxyl groups is 1. The van der Waals surface area contributed by atoms with Crippen molar-refractivity contribution < 1.29 is 19.7 Å². The summed E-state index contributed by atoms with van der Waals surface area (Å²) in [5, 5.41) is 23.5. The summed E-state index contributed by atoms with van der Waals surface area (Å²) in [4.78, 5) is 22.7. The number of benzene rings is 1. The van der Waals surface area contributed by atoms with Crippen molar-refractivity contribution in [3.63, 3.8) is 0 Å². The van der Waals surface area contributed by atoms with Crippen LogP contribution in [0, 0.1) is 11.8 Å². The van der Waals surface area contributed by atoms with Crippen LogP contribution in [0.4, 0.5) is 0 Å². The minimum Gasteiger partial charge on any atom is -0.497 e. The number of carbonyl (C=O) groups is 1. The first kappa shape index (κ1) is 25.9. The second-order valence-electron chi connectivity index (χ2n) is 9.08. The standard InChI is InChI=1S/C26H33N3O4S2/c1-33-20-4-5-23-22(16-20)21(7-9-27-23)24(30)6-3-18-8-12-29(17-19(18)15-25(31)32)11-2-13-34-26-28-10-14-35-26/h4-5,7,9-10,14,16,18-19,24,30H,2-3,6,8,11-13,15,17H2,1H3,(H,31,32)/t18-,19+,24-/m1/s1. The average molecular weight is 516 g/mol. The third-order valence-corrected chi connectivity index (χ3v) is 8.87. The van der Waals surface area contributed by atoms with E-state index in [0.717, 1.165) is 71.2 Å². The summed E-state index contributed by atoms with van der Waals surface area (Å²) in [5.41, 5.74) is 1.67. The maximum atomic E-state index is 11.6. The first-order valence-corrected chi connectivity index (χ1v) is 14.0. The predicted octanol–water partition coefficient (Wildman–Crippen LogP) is 5.11. The molecule has 1 aliphatic heterocycles. The van der Waals surface area contributed by atoms with Crippen LogP contribution in [-0.2, 0) is 4.79 Å². The average Bonchev–Trinajstić information content (AvgIpc) is 3.38. The molecule has 188 valence electrons. The molecule has 35 heavy (non-hydrogen) atoms. The molecule has 1 fully saturated rings. The topological polar surface area (TPSA) is 95.8 Å². The Balaban J connectivity index is 1.32. The number of thioether (sulfide) groups is 1. The zero-order chi connectivity index (χ0) is 24.6. The zero-order valence-electron chi connectivity index (χ0n) is 20.0. The first-order chi connectivity index (χ1) is 17.0. The van der Waals surface area contributed by atoms with Crippen molar-refractivity contribution in [1.29, 1.82) is 0 Å². The fourth-order valence-electron chi connectivity index (χ4n) is 5.02. The molecule has 0 amide bonds. The number of hydrogen-bond donors (Lipinski definition) is 2. The molecule has 0 spiro atoms. The SMILES string of the molecule is COc1ccc2nccc([C@H](O)CC[C@@H]3CCN(CCCSc4nccs4)C[C@@H]3CC(=O)O)c2c1. The molecule has 4 rings (SSSR count). The van der Waals surface area contributed by atoms with Gasteiger partial charge in [-0.1, -0.05) is 11.8 Å². The number of likely N-dealkylation sites (tertiary alicyclic amines) is 1. The number of aromatic nitrogens is 2. The Hall–Kier alpha value is -2.20. The van der Waals surface area contributed by atoms with Crippen LogP contribution in [-0.4, -0.2) is 63.5 Å². The van der Waals surface area contributed by atoms with E-state index in [1.165, 1.54) is 0 Å². The summed E-state index contributed by atoms with van der Waals surface area (Å²) < 4.78 is 6.46. The van der Waals surface area contributed by atoms with Crippen LogP contribution >= 0.6 is 23.1 Å². The highest BCUT2D eigenvalue weighted by Gasteiger charge is 2.31. The van der Waals surface area contributed by atoms with Gasteiger partial charge in [0.2, 0.25) is 0 Å². The van der Waals surface area contributed by atoms with E-state index in [4.69, 9.17) is 4.74 Å². The molecule has 0 bridgehead atoms. The van der Waals surface area contributed by atoms with Gasteiger partial charge in [-0.2, -0.15) is 0 Å². The third kappa shape index (κ3) is 7.16. The molecule has 3 atom stereocenters. The van der Waals surface area contributed by atoms with Gasteiger partial charge in [-0.15, -0.1) is 11.3 Å². The largest absolute Gasteiger partial charge is 0.497 e. The van der Waals surface area contributed by atoms with Gasteiger partial charge in [0, 0.05) is 41.9 Å². The minimum absolute atomic E-state index is 0.106. The van der Waals surface area contributed by atoms with Crippen molar-refractivity contribution in [2.75, 3.05) is 32.5 Å². The summed E-state index contributed by atoms with van der Waals surface area (Å²) in [5.74, 6) is 1.42. The Morgan fingerprint density at radius 1 is 1.29 bits per heavy atom. The maximum absolute atomic E-state index is 11.6. The van der Waals surface area contributed by atoms with Gasteiger partial charge in [0.1, 0.15) is 10.1 Å². The molecule has 1 saturated heterocycles. The van der Waals surface area contributed by atoms with E-state index >= 15 is 0 Å². The van der Waals surface area contributed by atoms with Crippen molar-refractivity contribution in [3.05, 3.63) is 47.6 Å². The van der Waals surface area contributed by atoms with Gasteiger partial charge in [0.15, 0.2) is 0 Å². The van der Waals surface area contributed by atoms with Crippen LogP contribution in [0.15, 0.2) is 46.4 Å². The fraction of sp³-hybridized carbons (Fsp3) is 0.500. The summed E-state index contributed by atoms with van der Waals surface area (Å²) >= 11 is 3.45.